The van der Waals surface area contributed by atoms with Crippen molar-refractivity contribution in [3.63, 3.8) is 0 Å². The number of nitrogens with zero attached hydrogens (tertiary/aromatic N) is 2. The number of carbonyl (C=O) groups excluding carboxylic acids is 2. The van der Waals surface area contributed by atoms with Gasteiger partial charge in [0.15, 0.2) is 14.4 Å². The Balaban J connectivity index is 1.78. The topological polar surface area (TPSA) is 85.2 Å². The fraction of sp³-hybridized carbons (Fsp3) is 0.276. The minimum Gasteiger partial charge on any atom is -0.402 e. The molecule has 0 radical (unpaired) electrons. The van der Waals surface area contributed by atoms with Crippen LogP contribution < -0.4 is 10.6 Å². The number of rotatable bonds is 6. The van der Waals surface area contributed by atoms with Crippen LogP contribution in [0.1, 0.15) is 55.2 Å². The summed E-state index contributed by atoms with van der Waals surface area (Å²) in [4.78, 5) is 26.8. The Labute approximate surface area is 261 Å². The maximum atomic E-state index is 14.5. The molecule has 0 saturated carbocycles. The summed E-state index contributed by atoms with van der Waals surface area (Å²) in [6, 6.07) is 4.10. The highest BCUT2D eigenvalue weighted by Gasteiger charge is 2.48. The van der Waals surface area contributed by atoms with Crippen molar-refractivity contribution in [1.82, 2.24) is 15.1 Å². The largest absolute Gasteiger partial charge is 0.419 e. The molecule has 2 atom stereocenters. The van der Waals surface area contributed by atoms with E-state index in [4.69, 9.17) is 16.0 Å². The van der Waals surface area contributed by atoms with E-state index in [2.05, 4.69) is 15.7 Å². The maximum absolute atomic E-state index is 14.5. The van der Waals surface area contributed by atoms with E-state index in [0.717, 1.165) is 22.9 Å². The van der Waals surface area contributed by atoms with Crippen molar-refractivity contribution in [3.8, 4) is 0 Å². The molecule has 7 nitrogen and oxygen atoms in total. The number of halogens is 9. The number of hydrogen-bond acceptors (Lipinski definition) is 4. The monoisotopic (exact) mass is 690 g/mol. The van der Waals surface area contributed by atoms with Crippen LogP contribution in [0.15, 0.2) is 42.5 Å². The number of aromatic nitrogens is 2. The first-order valence-electron chi connectivity index (χ1n) is 13.4. The molecule has 0 spiro atoms. The number of amides is 2. The van der Waals surface area contributed by atoms with Gasteiger partial charge in [0, 0.05) is 39.8 Å². The predicted molar refractivity (Wildman–Crippen MR) is 154 cm³/mol. The third-order valence-electron chi connectivity index (χ3n) is 7.03. The number of hydrogen-bond donors (Lipinski definition) is 2. The second kappa shape index (κ2) is 11.3. The highest BCUT2D eigenvalue weighted by molar-refractivity contribution is 6.69. The van der Waals surface area contributed by atoms with Crippen molar-refractivity contribution < 1.29 is 49.1 Å². The Hall–Kier alpha value is -4.02. The van der Waals surface area contributed by atoms with E-state index >= 15 is 0 Å². The number of anilines is 1. The first kappa shape index (κ1) is 33.3. The molecule has 2 unspecified atom stereocenters. The summed E-state index contributed by atoms with van der Waals surface area (Å²) in [5.41, 5.74) is -3.75. The molecule has 46 heavy (non-hydrogen) atoms. The second-order valence-corrected chi connectivity index (χ2v) is 16.4. The smallest absolute Gasteiger partial charge is 0.402 e. The Kier molecular flexibility index (Phi) is 8.22. The van der Waals surface area contributed by atoms with Crippen molar-refractivity contribution in [2.75, 3.05) is 5.32 Å². The van der Waals surface area contributed by atoms with Crippen LogP contribution in [0.25, 0.3) is 10.9 Å². The van der Waals surface area contributed by atoms with Crippen molar-refractivity contribution in [3.05, 3.63) is 92.6 Å². The molecule has 2 amide bonds. The molecule has 0 fully saturated rings. The van der Waals surface area contributed by atoms with Gasteiger partial charge in [0.05, 0.1) is 22.9 Å². The van der Waals surface area contributed by atoms with Crippen molar-refractivity contribution >= 4 is 48.3 Å². The van der Waals surface area contributed by atoms with Crippen molar-refractivity contribution in [2.24, 2.45) is 7.05 Å². The molecule has 2 N–H and O–H groups in total. The number of nitrogens with one attached hydrogen (secondary N) is 2. The van der Waals surface area contributed by atoms with Crippen LogP contribution in [0.3, 0.4) is 0 Å². The number of aryl methyl sites for hydroxylation is 1. The second-order valence-electron chi connectivity index (χ2n) is 11.5. The van der Waals surface area contributed by atoms with Gasteiger partial charge in [-0.1, -0.05) is 11.6 Å². The van der Waals surface area contributed by atoms with Gasteiger partial charge >= 0.3 is 12.4 Å². The van der Waals surface area contributed by atoms with Crippen LogP contribution in [0.4, 0.5) is 40.8 Å². The first-order chi connectivity index (χ1) is 21.2. The lowest BCUT2D eigenvalue weighted by Gasteiger charge is -2.28. The van der Waals surface area contributed by atoms with Gasteiger partial charge in [-0.05, 0) is 62.1 Å². The standard InChI is InChI=1S/C29H23ClF8N4O3Si/c1-42-24(25(29(36,37)38)45-46(2,3)4)17-11-19(39-26(43)12-7-13(28(33,34)35)9-15(32)8-12)20-21(23(17)41-42)27(44)40-22(20)16-10-14(31)5-6-18(16)30/h5-11,22,25H,1-4H3,(H,39,43)(H,40,44). The van der Waals surface area contributed by atoms with Crippen LogP contribution >= 0.6 is 11.6 Å². The van der Waals surface area contributed by atoms with Gasteiger partial charge in [-0.3, -0.25) is 14.3 Å². The predicted octanol–water partition coefficient (Wildman–Crippen LogP) is 8.06. The summed E-state index contributed by atoms with van der Waals surface area (Å²) in [5, 5.41) is 8.78. The molecule has 2 heterocycles. The number of alkyl halides is 6. The Bertz CT molecular complexity index is 1900. The van der Waals surface area contributed by atoms with Crippen molar-refractivity contribution in [2.45, 2.75) is 44.1 Å². The van der Waals surface area contributed by atoms with Gasteiger partial charge in [0.1, 0.15) is 17.2 Å². The highest BCUT2D eigenvalue weighted by Crippen LogP contribution is 2.47. The first-order valence-corrected chi connectivity index (χ1v) is 17.2. The fourth-order valence-electron chi connectivity index (χ4n) is 5.26. The van der Waals surface area contributed by atoms with E-state index < -0.39 is 73.1 Å². The minimum atomic E-state index is -5.01. The molecule has 1 aromatic heterocycles. The maximum Gasteiger partial charge on any atom is 0.419 e. The fourth-order valence-corrected chi connectivity index (χ4v) is 6.44. The van der Waals surface area contributed by atoms with Gasteiger partial charge in [0.2, 0.25) is 0 Å². The third-order valence-corrected chi connectivity index (χ3v) is 8.31. The summed E-state index contributed by atoms with van der Waals surface area (Å²) in [6.07, 6.45) is -12.5. The van der Waals surface area contributed by atoms with Gasteiger partial charge in [0.25, 0.3) is 11.8 Å². The average Bonchev–Trinajstić information content (AvgIpc) is 3.42. The number of fused-ring (bicyclic) bond motifs is 3. The summed E-state index contributed by atoms with van der Waals surface area (Å²) in [7, 11) is -1.70. The molecule has 0 aliphatic carbocycles. The molecule has 244 valence electrons. The molecule has 4 aromatic rings. The number of carbonyl (C=O) groups is 2. The SMILES string of the molecule is Cn1nc2c3c(c(NC(=O)c4cc(F)cc(C(F)(F)F)c4)cc2c1C(O[Si](C)(C)C)C(F)(F)F)C(c1cc(F)ccc1Cl)NC3=O. The molecule has 17 heteroatoms. The van der Waals surface area contributed by atoms with E-state index in [1.165, 1.54) is 32.8 Å². The zero-order chi connectivity index (χ0) is 34.1. The zero-order valence-corrected chi connectivity index (χ0v) is 26.0. The molecule has 3 aromatic carbocycles. The van der Waals surface area contributed by atoms with E-state index in [1.807, 2.05) is 0 Å². The van der Waals surface area contributed by atoms with Gasteiger partial charge in [-0.25, -0.2) is 8.78 Å². The van der Waals surface area contributed by atoms with Crippen molar-refractivity contribution in [1.29, 1.82) is 0 Å². The average molecular weight is 691 g/mol. The van der Waals surface area contributed by atoms with E-state index in [-0.39, 0.29) is 44.4 Å². The lowest BCUT2D eigenvalue weighted by molar-refractivity contribution is -0.202. The van der Waals surface area contributed by atoms with Crippen LogP contribution in [0.2, 0.25) is 24.7 Å². The Morgan fingerprint density at radius 2 is 1.72 bits per heavy atom. The number of benzene rings is 3. The summed E-state index contributed by atoms with van der Waals surface area (Å²) in [6.45, 7) is 4.59. The molecular weight excluding hydrogens is 668 g/mol. The van der Waals surface area contributed by atoms with E-state index in [1.54, 1.807) is 0 Å². The quantitative estimate of drug-likeness (QED) is 0.158. The van der Waals surface area contributed by atoms with Crippen LogP contribution in [-0.4, -0.2) is 36.1 Å². The third kappa shape index (κ3) is 6.33. The lowest BCUT2D eigenvalue weighted by atomic mass is 9.93. The molecule has 5 rings (SSSR count). The lowest BCUT2D eigenvalue weighted by Crippen LogP contribution is -2.36. The summed E-state index contributed by atoms with van der Waals surface area (Å²) >= 11 is 6.31. The Morgan fingerprint density at radius 1 is 1.04 bits per heavy atom. The molecular formula is C29H23ClF8N4O3Si. The van der Waals surface area contributed by atoms with Gasteiger partial charge in [-0.15, -0.1) is 0 Å². The van der Waals surface area contributed by atoms with Crippen LogP contribution in [0.5, 0.6) is 0 Å². The molecule has 1 aliphatic rings. The molecule has 1 aliphatic heterocycles. The van der Waals surface area contributed by atoms with Gasteiger partial charge < -0.3 is 15.1 Å². The Morgan fingerprint density at radius 3 is 2.33 bits per heavy atom. The highest BCUT2D eigenvalue weighted by atomic mass is 35.5. The van der Waals surface area contributed by atoms with Crippen LogP contribution in [0, 0.1) is 11.6 Å². The molecule has 0 saturated heterocycles. The van der Waals surface area contributed by atoms with Gasteiger partial charge in [-0.2, -0.15) is 31.4 Å². The summed E-state index contributed by atoms with van der Waals surface area (Å²) in [5.74, 6) is -4.30. The summed E-state index contributed by atoms with van der Waals surface area (Å²) < 4.78 is 118. The minimum absolute atomic E-state index is 0.000109. The normalized spacial score (nSPS) is 16.0. The van der Waals surface area contributed by atoms with Crippen LogP contribution in [-0.2, 0) is 17.6 Å². The van der Waals surface area contributed by atoms with E-state index in [9.17, 15) is 44.7 Å². The van der Waals surface area contributed by atoms with E-state index in [0.29, 0.717) is 12.1 Å². The zero-order valence-electron chi connectivity index (χ0n) is 24.2. The molecule has 0 bridgehead atoms.